The van der Waals surface area contributed by atoms with Gasteiger partial charge < -0.3 is 5.43 Å². The molecule has 0 radical (unpaired) electrons. The molecule has 88 valence electrons. The van der Waals surface area contributed by atoms with Crippen LogP contribution in [0.1, 0.15) is 64.7 Å². The first kappa shape index (κ1) is 12.5. The highest BCUT2D eigenvalue weighted by molar-refractivity contribution is 5.81. The summed E-state index contributed by atoms with van der Waals surface area (Å²) in [5.74, 6) is 6.44. The minimum atomic E-state index is 0.580. The molecule has 1 rings (SSSR count). The number of amidine groups is 1. The van der Waals surface area contributed by atoms with E-state index in [1.165, 1.54) is 51.4 Å². The molecule has 0 spiro atoms. The Labute approximate surface area is 93.5 Å². The van der Waals surface area contributed by atoms with Gasteiger partial charge in [-0.15, -0.1) is 0 Å². The molecule has 1 fully saturated rings. The zero-order valence-electron chi connectivity index (χ0n) is 9.97. The molecule has 0 aromatic carbocycles. The lowest BCUT2D eigenvalue weighted by Crippen LogP contribution is -2.30. The predicted molar refractivity (Wildman–Crippen MR) is 65.8 cm³/mol. The molecule has 1 aliphatic rings. The quantitative estimate of drug-likeness (QED) is 0.213. The van der Waals surface area contributed by atoms with Crippen LogP contribution < -0.4 is 11.3 Å². The lowest BCUT2D eigenvalue weighted by atomic mass is 10.1. The Balaban J connectivity index is 1.97. The lowest BCUT2D eigenvalue weighted by molar-refractivity contribution is 0.612. The van der Waals surface area contributed by atoms with Gasteiger partial charge in [-0.3, -0.25) is 4.99 Å². The van der Waals surface area contributed by atoms with Crippen LogP contribution >= 0.6 is 0 Å². The summed E-state index contributed by atoms with van der Waals surface area (Å²) in [6.07, 6.45) is 11.5. The number of aliphatic imine (C=N–C) groups is 1. The molecule has 1 saturated carbocycles. The molecule has 0 atom stereocenters. The Morgan fingerprint density at radius 3 is 2.47 bits per heavy atom. The fourth-order valence-electron chi connectivity index (χ4n) is 1.67. The third-order valence-electron chi connectivity index (χ3n) is 2.82. The highest BCUT2D eigenvalue weighted by Crippen LogP contribution is 2.23. The topological polar surface area (TPSA) is 50.4 Å². The van der Waals surface area contributed by atoms with Crippen LogP contribution in [-0.4, -0.2) is 11.9 Å². The Hall–Kier alpha value is -0.570. The third-order valence-corrected chi connectivity index (χ3v) is 2.82. The second-order valence-electron chi connectivity index (χ2n) is 4.47. The molecule has 0 bridgehead atoms. The summed E-state index contributed by atoms with van der Waals surface area (Å²) in [5.41, 5.74) is 2.73. The maximum atomic E-state index is 5.43. The number of nitrogens with zero attached hydrogens (tertiary/aromatic N) is 1. The van der Waals surface area contributed by atoms with E-state index in [0.717, 1.165) is 12.3 Å². The first-order valence-electron chi connectivity index (χ1n) is 6.40. The van der Waals surface area contributed by atoms with E-state index in [0.29, 0.717) is 6.04 Å². The van der Waals surface area contributed by atoms with Crippen LogP contribution in [0.4, 0.5) is 0 Å². The van der Waals surface area contributed by atoms with E-state index in [1.807, 2.05) is 0 Å². The second-order valence-corrected chi connectivity index (χ2v) is 4.47. The summed E-state index contributed by atoms with van der Waals surface area (Å²) in [6, 6.07) is 0.580. The van der Waals surface area contributed by atoms with Crippen molar-refractivity contribution in [2.24, 2.45) is 10.8 Å². The zero-order chi connectivity index (χ0) is 10.9. The smallest absolute Gasteiger partial charge is 0.111 e. The molecule has 0 saturated heterocycles. The van der Waals surface area contributed by atoms with Crippen molar-refractivity contribution in [3.63, 3.8) is 0 Å². The van der Waals surface area contributed by atoms with Crippen LogP contribution in [0, 0.1) is 0 Å². The molecule has 3 N–H and O–H groups in total. The van der Waals surface area contributed by atoms with Gasteiger partial charge in [-0.2, -0.15) is 0 Å². The average molecular weight is 211 g/mol. The molecular weight excluding hydrogens is 186 g/mol. The number of rotatable bonds is 8. The van der Waals surface area contributed by atoms with Crippen molar-refractivity contribution < 1.29 is 0 Å². The van der Waals surface area contributed by atoms with Crippen molar-refractivity contribution in [2.45, 2.75) is 70.8 Å². The SMILES string of the molecule is CCCCCCCCC(=NC1CC1)NN. The van der Waals surface area contributed by atoms with Crippen LogP contribution in [0.2, 0.25) is 0 Å². The van der Waals surface area contributed by atoms with Gasteiger partial charge in [0.1, 0.15) is 5.84 Å². The Bertz CT molecular complexity index is 185. The third kappa shape index (κ3) is 6.50. The van der Waals surface area contributed by atoms with E-state index in [-0.39, 0.29) is 0 Å². The Kier molecular flexibility index (Phi) is 6.41. The maximum absolute atomic E-state index is 5.43. The van der Waals surface area contributed by atoms with Crippen molar-refractivity contribution in [2.75, 3.05) is 0 Å². The molecule has 0 aromatic rings. The van der Waals surface area contributed by atoms with E-state index in [4.69, 9.17) is 5.84 Å². The molecule has 0 amide bonds. The first-order chi connectivity index (χ1) is 7.36. The van der Waals surface area contributed by atoms with Gasteiger partial charge >= 0.3 is 0 Å². The van der Waals surface area contributed by atoms with Crippen molar-refractivity contribution in [1.82, 2.24) is 5.43 Å². The molecule has 0 aromatic heterocycles. The summed E-state index contributed by atoms with van der Waals surface area (Å²) in [6.45, 7) is 2.25. The minimum absolute atomic E-state index is 0.580. The van der Waals surface area contributed by atoms with E-state index >= 15 is 0 Å². The molecule has 1 aliphatic carbocycles. The van der Waals surface area contributed by atoms with Gasteiger partial charge in [-0.1, -0.05) is 39.0 Å². The van der Waals surface area contributed by atoms with Gasteiger partial charge in [-0.25, -0.2) is 5.84 Å². The van der Waals surface area contributed by atoms with Crippen LogP contribution in [-0.2, 0) is 0 Å². The average Bonchev–Trinajstić information content (AvgIpc) is 3.05. The van der Waals surface area contributed by atoms with Crippen molar-refractivity contribution in [3.05, 3.63) is 0 Å². The number of nitrogens with one attached hydrogen (secondary N) is 1. The van der Waals surface area contributed by atoms with Crippen molar-refractivity contribution in [1.29, 1.82) is 0 Å². The number of unbranched alkanes of at least 4 members (excludes halogenated alkanes) is 5. The molecule has 0 unspecified atom stereocenters. The summed E-state index contributed by atoms with van der Waals surface area (Å²) < 4.78 is 0. The van der Waals surface area contributed by atoms with Crippen molar-refractivity contribution >= 4 is 5.84 Å². The lowest BCUT2D eigenvalue weighted by Gasteiger charge is -2.05. The molecule has 15 heavy (non-hydrogen) atoms. The number of hydrogen-bond acceptors (Lipinski definition) is 2. The van der Waals surface area contributed by atoms with Gasteiger partial charge in [0.15, 0.2) is 0 Å². The maximum Gasteiger partial charge on any atom is 0.111 e. The van der Waals surface area contributed by atoms with Crippen LogP contribution in [0.15, 0.2) is 4.99 Å². The number of hydrazine groups is 1. The molecule has 3 nitrogen and oxygen atoms in total. The first-order valence-corrected chi connectivity index (χ1v) is 6.40. The molecule has 0 aliphatic heterocycles. The minimum Gasteiger partial charge on any atom is -0.312 e. The fraction of sp³-hybridized carbons (Fsp3) is 0.917. The Morgan fingerprint density at radius 2 is 1.87 bits per heavy atom. The van der Waals surface area contributed by atoms with E-state index in [9.17, 15) is 0 Å². The largest absolute Gasteiger partial charge is 0.312 e. The van der Waals surface area contributed by atoms with E-state index in [1.54, 1.807) is 0 Å². The highest BCUT2D eigenvalue weighted by Gasteiger charge is 2.20. The number of hydrogen-bond donors (Lipinski definition) is 2. The zero-order valence-corrected chi connectivity index (χ0v) is 9.97. The molecule has 3 heteroatoms. The van der Waals surface area contributed by atoms with E-state index < -0.39 is 0 Å². The molecular formula is C12H25N3. The van der Waals surface area contributed by atoms with Gasteiger partial charge in [0.25, 0.3) is 0 Å². The number of nitrogens with two attached hydrogens (primary N) is 1. The van der Waals surface area contributed by atoms with Crippen LogP contribution in [0.25, 0.3) is 0 Å². The normalized spacial score (nSPS) is 16.8. The van der Waals surface area contributed by atoms with E-state index in [2.05, 4.69) is 17.3 Å². The van der Waals surface area contributed by atoms with Crippen molar-refractivity contribution in [3.8, 4) is 0 Å². The van der Waals surface area contributed by atoms with Gasteiger partial charge in [0.2, 0.25) is 0 Å². The summed E-state index contributed by atoms with van der Waals surface area (Å²) in [5, 5.41) is 0. The standard InChI is InChI=1S/C12H25N3/c1-2-3-4-5-6-7-8-12(15-13)14-11-9-10-11/h11H,2-10,13H2,1H3,(H,14,15). The van der Waals surface area contributed by atoms with Gasteiger partial charge in [-0.05, 0) is 19.3 Å². The van der Waals surface area contributed by atoms with Crippen LogP contribution in [0.3, 0.4) is 0 Å². The summed E-state index contributed by atoms with van der Waals surface area (Å²) in [7, 11) is 0. The van der Waals surface area contributed by atoms with Gasteiger partial charge in [0, 0.05) is 6.42 Å². The molecule has 0 heterocycles. The predicted octanol–water partition coefficient (Wildman–Crippen LogP) is 2.76. The highest BCUT2D eigenvalue weighted by atomic mass is 15.3. The summed E-state index contributed by atoms with van der Waals surface area (Å²) in [4.78, 5) is 4.52. The monoisotopic (exact) mass is 211 g/mol. The van der Waals surface area contributed by atoms with Crippen LogP contribution in [0.5, 0.6) is 0 Å². The second kappa shape index (κ2) is 7.69. The fourth-order valence-corrected chi connectivity index (χ4v) is 1.67. The Morgan fingerprint density at radius 1 is 1.20 bits per heavy atom. The van der Waals surface area contributed by atoms with Gasteiger partial charge in [0.05, 0.1) is 6.04 Å². The summed E-state index contributed by atoms with van der Waals surface area (Å²) >= 11 is 0.